The average Bonchev–Trinajstić information content (AvgIpc) is 0.712. The van der Waals surface area contributed by atoms with Crippen molar-refractivity contribution < 1.29 is 50.3 Å². The van der Waals surface area contributed by atoms with Gasteiger partial charge >= 0.3 is 12.3 Å². The summed E-state index contributed by atoms with van der Waals surface area (Å²) in [6, 6.07) is 0. The summed E-state index contributed by atoms with van der Waals surface area (Å²) < 4.78 is 74.1. The lowest BCUT2D eigenvalue weighted by Crippen LogP contribution is -2.72. The van der Waals surface area contributed by atoms with Gasteiger partial charge in [-0.15, -0.1) is 0 Å². The normalized spacial score (nSPS) is 45.2. The van der Waals surface area contributed by atoms with E-state index in [0.717, 1.165) is 83.5 Å². The summed E-state index contributed by atoms with van der Waals surface area (Å²) in [4.78, 5) is 76.5. The van der Waals surface area contributed by atoms with Gasteiger partial charge in [-0.05, 0) is 194 Å². The van der Waals surface area contributed by atoms with Crippen molar-refractivity contribution in [2.45, 2.75) is 249 Å². The van der Waals surface area contributed by atoms with Crippen LogP contribution in [-0.4, -0.2) is 66.8 Å². The highest BCUT2D eigenvalue weighted by atomic mass is 32.2. The summed E-state index contributed by atoms with van der Waals surface area (Å²) in [6.07, 6.45) is 14.1. The van der Waals surface area contributed by atoms with E-state index >= 15 is 0 Å². The van der Waals surface area contributed by atoms with Gasteiger partial charge in [-0.2, -0.15) is 13.2 Å². The number of halogens is 3. The molecule has 464 valence electrons. The van der Waals surface area contributed by atoms with Crippen LogP contribution < -0.4 is 10.0 Å². The molecule has 0 saturated heterocycles. The van der Waals surface area contributed by atoms with Crippen molar-refractivity contribution in [3.8, 4) is 0 Å². The molecule has 1 amide bonds. The number of nitrogens with zero attached hydrogens (tertiary/aromatic N) is 2. The van der Waals surface area contributed by atoms with Crippen LogP contribution >= 0.6 is 0 Å². The molecule has 0 bridgehead atoms. The quantitative estimate of drug-likeness (QED) is 0.257. The number of Topliss-reactive ketones (excluding diaryl/α,β-unsaturated/α-hetero) is 4. The van der Waals surface area contributed by atoms with Gasteiger partial charge < -0.3 is 19.6 Å². The van der Waals surface area contributed by atoms with E-state index in [9.17, 15) is 45.6 Å². The van der Waals surface area contributed by atoms with Gasteiger partial charge in [0.2, 0.25) is 21.4 Å². The lowest BCUT2D eigenvalue weighted by Gasteiger charge is -2.72. The molecule has 0 aromatic heterocycles. The molecule has 9 saturated carbocycles. The number of alkyl halides is 3. The van der Waals surface area contributed by atoms with E-state index in [1.54, 1.807) is 0 Å². The molecule has 0 unspecified atom stereocenters. The maximum absolute atomic E-state index is 14.7. The molecule has 11 rings (SSSR count). The van der Waals surface area contributed by atoms with Crippen LogP contribution in [0.4, 0.5) is 18.0 Å². The summed E-state index contributed by atoms with van der Waals surface area (Å²) in [7, 11) is -4.68. The van der Waals surface area contributed by atoms with E-state index < -0.39 is 71.9 Å². The zero-order valence-corrected chi connectivity index (χ0v) is 53.7. The highest BCUT2D eigenvalue weighted by molar-refractivity contribution is 7.89. The Bertz CT molecular complexity index is 3070. The lowest BCUT2D eigenvalue weighted by atomic mass is 9.32. The maximum Gasteiger partial charge on any atom is 0.407 e. The number of hydrogen-bond acceptors (Lipinski definition) is 8. The number of alkyl carbamates (subject to hydrolysis) is 1. The number of nitrogens with one attached hydrogen (secondary N) is 2. The monoisotopic (exact) mass is 1190 g/mol. The SMILES string of the molecule is [C-]#[N+]C1=C[C@]2(C)[C@H]3CC(=O)[C@@H]4[C@@H]5CC(C)(C)CC[C@]5(NC(=O)OC5CCCC5)CC[C@@]4(C)[C@]3(C)CC[C@H]2C(C)(C)C1=O.[C-]#[N+]C1=C[C@]2(C)[C@H]3CC(=O)[C@@H]4[C@@H]5CC(C)(C)CC[C@]5(NS(=O)(=O)CC(F)(F)F)CC[C@@]4(C)[C@]3(C)CC[C@H]2C(C)(C)C1=O. The Hall–Kier alpha value is -3.89. The predicted molar refractivity (Wildman–Crippen MR) is 315 cm³/mol. The molecule has 0 aromatic carbocycles. The minimum Gasteiger partial charge on any atom is -0.446 e. The number of ketones is 4. The molecule has 0 aliphatic heterocycles. The second-order valence-corrected chi connectivity index (χ2v) is 35.3. The van der Waals surface area contributed by atoms with Crippen molar-refractivity contribution in [1.29, 1.82) is 0 Å². The predicted octanol–water partition coefficient (Wildman–Crippen LogP) is 14.9. The van der Waals surface area contributed by atoms with Crippen LogP contribution in [0.3, 0.4) is 0 Å². The smallest absolute Gasteiger partial charge is 0.407 e. The summed E-state index contributed by atoms with van der Waals surface area (Å²) in [5.41, 5.74) is -4.72. The molecule has 16 atom stereocenters. The molecule has 0 aromatic rings. The number of rotatable bonds is 5. The van der Waals surface area contributed by atoms with Gasteiger partial charge in [0.25, 0.3) is 0 Å². The Morgan fingerprint density at radius 1 is 0.571 bits per heavy atom. The number of ether oxygens (including phenoxy) is 1. The van der Waals surface area contributed by atoms with Crippen LogP contribution in [0, 0.1) is 115 Å². The standard InChI is InChI=1S/C36H52N2O4.C32H45F3N2O4S/c1-31(2)15-17-36(38-30(41)42-22-11-9-10-12-22)18-16-35(7)28(23(36)20-31)25(39)19-27-33(5)21-24(37-8)29(40)32(3,4)26(33)13-14-34(27,35)6;1-26(2)11-13-31(37-42(40,41)18-32(33,34)35)14-12-30(7)24(19(31)16-26)21(38)15-23-28(5)17-20(36-8)25(39)27(3,4)22(28)9-10-29(23,30)6/h21-23,26-28H,9-20H2,1-7H3,(H,38,41);17,19,22-24,37H,9-16,18H2,1-7H3/t23-,26-,27+,28-,33-,34+,35+,36-;19-,22-,23+,24-,28-,29+,30+,31-/m00/s1. The second-order valence-electron chi connectivity index (χ2n) is 33.5. The van der Waals surface area contributed by atoms with Crippen molar-refractivity contribution in [1.82, 2.24) is 10.0 Å². The van der Waals surface area contributed by atoms with Crippen LogP contribution in [0.1, 0.15) is 225 Å². The maximum atomic E-state index is 14.7. The zero-order chi connectivity index (χ0) is 62.0. The van der Waals surface area contributed by atoms with Gasteiger partial charge in [-0.1, -0.05) is 109 Å². The third-order valence-electron chi connectivity index (χ3n) is 27.5. The molecule has 84 heavy (non-hydrogen) atoms. The molecule has 2 N–H and O–H groups in total. The van der Waals surface area contributed by atoms with Gasteiger partial charge in [0.1, 0.15) is 17.7 Å². The largest absolute Gasteiger partial charge is 0.446 e. The third kappa shape index (κ3) is 9.41. The highest BCUT2D eigenvalue weighted by Gasteiger charge is 2.75. The molecule has 0 radical (unpaired) electrons. The molecule has 12 nitrogen and oxygen atoms in total. The summed E-state index contributed by atoms with van der Waals surface area (Å²) in [5, 5.41) is 3.44. The average molecular weight is 1190 g/mol. The fourth-order valence-corrected chi connectivity index (χ4v) is 24.4. The Morgan fingerprint density at radius 3 is 1.38 bits per heavy atom. The minimum atomic E-state index is -4.86. The number of carbonyl (C=O) groups is 5. The fourth-order valence-electron chi connectivity index (χ4n) is 22.9. The number of amides is 1. The van der Waals surface area contributed by atoms with Gasteiger partial charge in [0.05, 0.1) is 13.1 Å². The molecule has 16 heteroatoms. The topological polar surface area (TPSA) is 162 Å². The van der Waals surface area contributed by atoms with Gasteiger partial charge in [-0.3, -0.25) is 9.59 Å². The number of fused-ring (bicyclic) bond motifs is 14. The summed E-state index contributed by atoms with van der Waals surface area (Å²) in [6.45, 7) is 45.8. The molecular weight excluding hydrogens is 1090 g/mol. The van der Waals surface area contributed by atoms with E-state index in [1.165, 1.54) is 0 Å². The molecule has 0 spiro atoms. The number of allylic oxidation sites excluding steroid dienone is 4. The Balaban J connectivity index is 0.000000187. The Morgan fingerprint density at radius 2 is 0.964 bits per heavy atom. The van der Waals surface area contributed by atoms with Crippen molar-refractivity contribution >= 4 is 39.2 Å². The van der Waals surface area contributed by atoms with E-state index in [0.29, 0.717) is 44.3 Å². The van der Waals surface area contributed by atoms with E-state index in [4.69, 9.17) is 17.9 Å². The van der Waals surface area contributed by atoms with Crippen LogP contribution in [0.5, 0.6) is 0 Å². The molecule has 11 aliphatic rings. The summed E-state index contributed by atoms with van der Waals surface area (Å²) in [5.74, 6) is -2.69. The van der Waals surface area contributed by atoms with E-state index in [2.05, 4.69) is 89.0 Å². The lowest BCUT2D eigenvalue weighted by molar-refractivity contribution is -0.215. The summed E-state index contributed by atoms with van der Waals surface area (Å²) >= 11 is 0. The first kappa shape index (κ1) is 63.1. The minimum absolute atomic E-state index is 0.0145. The van der Waals surface area contributed by atoms with Crippen LogP contribution in [-0.2, 0) is 33.9 Å². The number of sulfonamides is 1. The highest BCUT2D eigenvalue weighted by Crippen LogP contribution is 2.77. The van der Waals surface area contributed by atoms with Crippen molar-refractivity contribution in [2.24, 2.45) is 101 Å². The molecule has 9 fully saturated rings. The zero-order valence-electron chi connectivity index (χ0n) is 52.9. The van der Waals surface area contributed by atoms with Gasteiger partial charge in [0, 0.05) is 46.6 Å². The first-order valence-electron chi connectivity index (χ1n) is 31.9. The number of carbonyl (C=O) groups excluding carboxylic acids is 5. The van der Waals surface area contributed by atoms with Gasteiger partial charge in [-0.25, -0.2) is 27.6 Å². The second kappa shape index (κ2) is 19.8. The van der Waals surface area contributed by atoms with E-state index in [1.807, 2.05) is 39.8 Å². The number of hydrogen-bond donors (Lipinski definition) is 2. The van der Waals surface area contributed by atoms with Crippen LogP contribution in [0.2, 0.25) is 0 Å². The first-order valence-corrected chi connectivity index (χ1v) is 33.6. The molecular formula is C68H97F3N4O8S. The van der Waals surface area contributed by atoms with E-state index in [-0.39, 0.29) is 110 Å². The van der Waals surface area contributed by atoms with Crippen LogP contribution in [0.15, 0.2) is 23.5 Å². The fraction of sp³-hybridized carbons (Fsp3) is 0.838. The molecule has 11 aliphatic carbocycles. The molecule has 0 heterocycles. The van der Waals surface area contributed by atoms with Crippen molar-refractivity contribution in [3.63, 3.8) is 0 Å². The first-order chi connectivity index (χ1) is 38.5. The van der Waals surface area contributed by atoms with Crippen molar-refractivity contribution in [2.75, 3.05) is 5.75 Å². The Kier molecular flexibility index (Phi) is 14.9. The van der Waals surface area contributed by atoms with Crippen LogP contribution in [0.25, 0.3) is 9.69 Å². The Labute approximate surface area is 499 Å². The van der Waals surface area contributed by atoms with Gasteiger partial charge in [0.15, 0.2) is 17.3 Å². The third-order valence-corrected chi connectivity index (χ3v) is 29.0. The van der Waals surface area contributed by atoms with Crippen molar-refractivity contribution in [3.05, 3.63) is 46.4 Å².